The molecule has 0 amide bonds. The SMILES string of the molecule is CCOC(=O)C(O)c1ccc2c(c1SC)OCCO2. The number of fused-ring (bicyclic) bond motifs is 1. The molecule has 0 radical (unpaired) electrons. The predicted octanol–water partition coefficient (Wildman–Crippen LogP) is 1.78. The summed E-state index contributed by atoms with van der Waals surface area (Å²) in [5.41, 5.74) is 0.482. The molecule has 0 spiro atoms. The van der Waals surface area contributed by atoms with E-state index in [4.69, 9.17) is 14.2 Å². The Labute approximate surface area is 115 Å². The summed E-state index contributed by atoms with van der Waals surface area (Å²) in [4.78, 5) is 12.3. The lowest BCUT2D eigenvalue weighted by molar-refractivity contribution is -0.153. The molecule has 1 aromatic carbocycles. The minimum atomic E-state index is -1.31. The molecule has 0 aromatic heterocycles. The van der Waals surface area contributed by atoms with E-state index in [0.29, 0.717) is 35.2 Å². The highest BCUT2D eigenvalue weighted by molar-refractivity contribution is 7.98. The van der Waals surface area contributed by atoms with Crippen LogP contribution in [-0.2, 0) is 9.53 Å². The summed E-state index contributed by atoms with van der Waals surface area (Å²) in [6.07, 6.45) is 0.549. The molecule has 19 heavy (non-hydrogen) atoms. The highest BCUT2D eigenvalue weighted by Gasteiger charge is 2.26. The monoisotopic (exact) mass is 284 g/mol. The van der Waals surface area contributed by atoms with Crippen molar-refractivity contribution >= 4 is 17.7 Å². The maximum Gasteiger partial charge on any atom is 0.339 e. The summed E-state index contributed by atoms with van der Waals surface area (Å²) in [5, 5.41) is 10.0. The van der Waals surface area contributed by atoms with Gasteiger partial charge in [-0.2, -0.15) is 0 Å². The third-order valence-electron chi connectivity index (χ3n) is 2.70. The number of rotatable bonds is 4. The summed E-state index contributed by atoms with van der Waals surface area (Å²) in [6, 6.07) is 3.37. The first-order valence-corrected chi connectivity index (χ1v) is 7.22. The van der Waals surface area contributed by atoms with Crippen LogP contribution >= 0.6 is 11.8 Å². The lowest BCUT2D eigenvalue weighted by Gasteiger charge is -2.23. The Bertz CT molecular complexity index is 474. The normalized spacial score (nSPS) is 14.9. The van der Waals surface area contributed by atoms with E-state index < -0.39 is 12.1 Å². The molecule has 0 fully saturated rings. The van der Waals surface area contributed by atoms with Crippen molar-refractivity contribution in [3.8, 4) is 11.5 Å². The standard InChI is InChI=1S/C13H16O5S/c1-3-16-13(15)10(14)8-4-5-9-11(12(8)19-2)18-7-6-17-9/h4-5,10,14H,3,6-7H2,1-2H3. The molecule has 0 bridgehead atoms. The summed E-state index contributed by atoms with van der Waals surface area (Å²) < 4.78 is 15.9. The second kappa shape index (κ2) is 6.16. The van der Waals surface area contributed by atoms with Crippen molar-refractivity contribution in [2.45, 2.75) is 17.9 Å². The Morgan fingerprint density at radius 1 is 1.47 bits per heavy atom. The van der Waals surface area contributed by atoms with E-state index in [1.807, 2.05) is 6.26 Å². The number of carbonyl (C=O) groups is 1. The molecular formula is C13H16O5S. The Morgan fingerprint density at radius 2 is 2.21 bits per heavy atom. The predicted molar refractivity (Wildman–Crippen MR) is 70.8 cm³/mol. The number of hydrogen-bond acceptors (Lipinski definition) is 6. The van der Waals surface area contributed by atoms with Gasteiger partial charge in [-0.15, -0.1) is 11.8 Å². The van der Waals surface area contributed by atoms with Crippen molar-refractivity contribution in [1.82, 2.24) is 0 Å². The molecule has 1 N–H and O–H groups in total. The van der Waals surface area contributed by atoms with Gasteiger partial charge >= 0.3 is 5.97 Å². The zero-order valence-electron chi connectivity index (χ0n) is 10.8. The molecule has 104 valence electrons. The zero-order valence-corrected chi connectivity index (χ0v) is 11.7. The first-order chi connectivity index (χ1) is 9.19. The van der Waals surface area contributed by atoms with Crippen molar-refractivity contribution in [3.63, 3.8) is 0 Å². The molecule has 0 saturated carbocycles. The Balaban J connectivity index is 2.37. The summed E-state index contributed by atoms with van der Waals surface area (Å²) in [6.45, 7) is 2.89. The van der Waals surface area contributed by atoms with E-state index in [0.717, 1.165) is 0 Å². The number of thioether (sulfide) groups is 1. The Morgan fingerprint density at radius 3 is 2.89 bits per heavy atom. The van der Waals surface area contributed by atoms with Gasteiger partial charge < -0.3 is 19.3 Å². The number of esters is 1. The van der Waals surface area contributed by atoms with Crippen molar-refractivity contribution in [2.24, 2.45) is 0 Å². The highest BCUT2D eigenvalue weighted by Crippen LogP contribution is 2.43. The minimum Gasteiger partial charge on any atom is -0.486 e. The molecule has 1 atom stereocenters. The fourth-order valence-electron chi connectivity index (χ4n) is 1.88. The summed E-state index contributed by atoms with van der Waals surface area (Å²) >= 11 is 1.40. The average molecular weight is 284 g/mol. The quantitative estimate of drug-likeness (QED) is 0.671. The van der Waals surface area contributed by atoms with Crippen molar-refractivity contribution in [1.29, 1.82) is 0 Å². The molecule has 1 unspecified atom stereocenters. The number of aliphatic hydroxyl groups excluding tert-OH is 1. The van der Waals surface area contributed by atoms with Gasteiger partial charge in [-0.1, -0.05) is 6.07 Å². The fraction of sp³-hybridized carbons (Fsp3) is 0.462. The van der Waals surface area contributed by atoms with Crippen LogP contribution in [0.4, 0.5) is 0 Å². The van der Waals surface area contributed by atoms with Gasteiger partial charge in [0, 0.05) is 5.56 Å². The highest BCUT2D eigenvalue weighted by atomic mass is 32.2. The maximum atomic E-state index is 11.6. The van der Waals surface area contributed by atoms with Gasteiger partial charge in [0.2, 0.25) is 0 Å². The smallest absolute Gasteiger partial charge is 0.339 e. The van der Waals surface area contributed by atoms with E-state index in [1.165, 1.54) is 11.8 Å². The van der Waals surface area contributed by atoms with Gasteiger partial charge in [0.25, 0.3) is 0 Å². The molecular weight excluding hydrogens is 268 g/mol. The van der Waals surface area contributed by atoms with Crippen LogP contribution in [0.15, 0.2) is 17.0 Å². The van der Waals surface area contributed by atoms with Crippen LogP contribution in [0.25, 0.3) is 0 Å². The van der Waals surface area contributed by atoms with Crippen molar-refractivity contribution < 1.29 is 24.1 Å². The van der Waals surface area contributed by atoms with Crippen LogP contribution in [0.2, 0.25) is 0 Å². The van der Waals surface area contributed by atoms with E-state index in [1.54, 1.807) is 19.1 Å². The fourth-order valence-corrected chi connectivity index (χ4v) is 2.64. The Kier molecular flexibility index (Phi) is 4.55. The van der Waals surface area contributed by atoms with E-state index >= 15 is 0 Å². The molecule has 1 aliphatic heterocycles. The topological polar surface area (TPSA) is 65.0 Å². The lowest BCUT2D eigenvalue weighted by Crippen LogP contribution is -2.19. The van der Waals surface area contributed by atoms with Crippen LogP contribution in [-0.4, -0.2) is 37.2 Å². The van der Waals surface area contributed by atoms with Gasteiger partial charge in [-0.05, 0) is 19.2 Å². The van der Waals surface area contributed by atoms with Gasteiger partial charge in [-0.3, -0.25) is 0 Å². The van der Waals surface area contributed by atoms with Crippen molar-refractivity contribution in [2.75, 3.05) is 26.1 Å². The maximum absolute atomic E-state index is 11.6. The number of aliphatic hydroxyl groups is 1. The molecule has 1 heterocycles. The van der Waals surface area contributed by atoms with Crippen LogP contribution in [0, 0.1) is 0 Å². The minimum absolute atomic E-state index is 0.231. The first-order valence-electron chi connectivity index (χ1n) is 6.00. The van der Waals surface area contributed by atoms with Gasteiger partial charge in [0.05, 0.1) is 11.5 Å². The molecule has 0 aliphatic carbocycles. The van der Waals surface area contributed by atoms with Gasteiger partial charge in [-0.25, -0.2) is 4.79 Å². The third-order valence-corrected chi connectivity index (χ3v) is 3.53. The molecule has 5 nitrogen and oxygen atoms in total. The summed E-state index contributed by atoms with van der Waals surface area (Å²) in [7, 11) is 0. The largest absolute Gasteiger partial charge is 0.486 e. The van der Waals surface area contributed by atoms with E-state index in [2.05, 4.69) is 0 Å². The van der Waals surface area contributed by atoms with Crippen LogP contribution in [0.3, 0.4) is 0 Å². The second-order valence-electron chi connectivity index (χ2n) is 3.87. The van der Waals surface area contributed by atoms with Crippen LogP contribution in [0.5, 0.6) is 11.5 Å². The molecule has 1 aliphatic rings. The molecule has 0 saturated heterocycles. The van der Waals surface area contributed by atoms with E-state index in [9.17, 15) is 9.90 Å². The molecule has 2 rings (SSSR count). The summed E-state index contributed by atoms with van der Waals surface area (Å²) in [5.74, 6) is 0.560. The number of benzene rings is 1. The number of hydrogen-bond donors (Lipinski definition) is 1. The molecule has 1 aromatic rings. The zero-order chi connectivity index (χ0) is 13.8. The van der Waals surface area contributed by atoms with Gasteiger partial charge in [0.1, 0.15) is 13.2 Å². The first kappa shape index (κ1) is 14.0. The Hall–Kier alpha value is -1.40. The number of carbonyl (C=O) groups excluding carboxylic acids is 1. The third kappa shape index (κ3) is 2.79. The van der Waals surface area contributed by atoms with Gasteiger partial charge in [0.15, 0.2) is 17.6 Å². The van der Waals surface area contributed by atoms with Crippen LogP contribution < -0.4 is 9.47 Å². The average Bonchev–Trinajstić information content (AvgIpc) is 2.45. The van der Waals surface area contributed by atoms with Crippen LogP contribution in [0.1, 0.15) is 18.6 Å². The van der Waals surface area contributed by atoms with E-state index in [-0.39, 0.29) is 6.61 Å². The number of ether oxygens (including phenoxy) is 3. The van der Waals surface area contributed by atoms with Crippen molar-refractivity contribution in [3.05, 3.63) is 17.7 Å². The lowest BCUT2D eigenvalue weighted by atomic mass is 10.1. The second-order valence-corrected chi connectivity index (χ2v) is 4.68. The molecule has 6 heteroatoms.